The van der Waals surface area contributed by atoms with E-state index in [2.05, 4.69) is 46.2 Å². The van der Waals surface area contributed by atoms with Gasteiger partial charge in [0.2, 0.25) is 5.82 Å². The van der Waals surface area contributed by atoms with Crippen LogP contribution >= 0.6 is 15.9 Å². The molecule has 7 N–H and O–H groups in total. The van der Waals surface area contributed by atoms with Gasteiger partial charge in [0.05, 0.1) is 4.47 Å². The number of halogens is 2. The number of hydrogen-bond donors (Lipinski definition) is 6. The first kappa shape index (κ1) is 20.2. The number of nitrogens with two attached hydrogens (primary N) is 1. The van der Waals surface area contributed by atoms with Crippen molar-refractivity contribution in [2.75, 3.05) is 23.7 Å². The van der Waals surface area contributed by atoms with Crippen molar-refractivity contribution in [3.05, 3.63) is 34.2 Å². The summed E-state index contributed by atoms with van der Waals surface area (Å²) in [6.45, 7) is 0.475. The molecule has 1 aromatic carbocycles. The Morgan fingerprint density at radius 1 is 1.35 bits per heavy atom. The summed E-state index contributed by atoms with van der Waals surface area (Å²) >= 11 is 3.06. The lowest BCUT2D eigenvalue weighted by atomic mass is 10.3. The average Bonchev–Trinajstić information content (AvgIpc) is 3.06. The van der Waals surface area contributed by atoms with Gasteiger partial charge in [0.15, 0.2) is 11.5 Å². The molecule has 0 saturated carbocycles. The van der Waals surface area contributed by atoms with Gasteiger partial charge in [-0.2, -0.15) is 8.42 Å². The highest BCUT2D eigenvalue weighted by Crippen LogP contribution is 2.21. The van der Waals surface area contributed by atoms with Gasteiger partial charge in [-0.1, -0.05) is 0 Å². The Bertz CT molecular complexity index is 875. The fraction of sp³-hybridized carbons (Fsp3) is 0.250. The molecule has 1 aromatic heterocycles. The van der Waals surface area contributed by atoms with Gasteiger partial charge >= 0.3 is 0 Å². The van der Waals surface area contributed by atoms with Gasteiger partial charge in [0.1, 0.15) is 5.82 Å². The largest absolute Gasteiger partial charge is 0.365 e. The Morgan fingerprint density at radius 3 is 2.81 bits per heavy atom. The minimum Gasteiger partial charge on any atom is -0.365 e. The van der Waals surface area contributed by atoms with E-state index in [-0.39, 0.29) is 28.4 Å². The lowest BCUT2D eigenvalue weighted by Crippen LogP contribution is -2.41. The number of amidine groups is 1. The fourth-order valence-electron chi connectivity index (χ4n) is 1.79. The molecule has 0 fully saturated rings. The second-order valence-corrected chi connectivity index (χ2v) is 7.27. The molecule has 0 aliphatic carbocycles. The summed E-state index contributed by atoms with van der Waals surface area (Å²) < 4.78 is 42.5. The number of hydrogen-bond acceptors (Lipinski definition) is 8. The van der Waals surface area contributed by atoms with Crippen LogP contribution in [-0.4, -0.2) is 37.7 Å². The molecule has 142 valence electrons. The summed E-state index contributed by atoms with van der Waals surface area (Å²) in [7, 11) is -3.69. The van der Waals surface area contributed by atoms with Crippen LogP contribution in [-0.2, 0) is 10.2 Å². The lowest BCUT2D eigenvalue weighted by Gasteiger charge is -2.08. The summed E-state index contributed by atoms with van der Waals surface area (Å²) in [5.74, 6) is 4.51. The summed E-state index contributed by atoms with van der Waals surface area (Å²) in [5.41, 5.74) is 0.593. The van der Waals surface area contributed by atoms with Gasteiger partial charge in [-0.25, -0.2) is 13.7 Å². The minimum atomic E-state index is -3.69. The first-order chi connectivity index (χ1) is 12.3. The highest BCUT2D eigenvalue weighted by atomic mass is 79.9. The first-order valence-electron chi connectivity index (χ1n) is 7.17. The van der Waals surface area contributed by atoms with Gasteiger partial charge in [-0.3, -0.25) is 11.3 Å². The van der Waals surface area contributed by atoms with Gasteiger partial charge in [0, 0.05) is 18.8 Å². The Hall–Kier alpha value is -2.13. The number of rotatable bonds is 9. The van der Waals surface area contributed by atoms with Crippen molar-refractivity contribution in [2.45, 2.75) is 6.42 Å². The van der Waals surface area contributed by atoms with Crippen LogP contribution in [0.3, 0.4) is 0 Å². The normalized spacial score (nSPS) is 11.3. The van der Waals surface area contributed by atoms with Crippen molar-refractivity contribution in [3.8, 4) is 0 Å². The number of aromatic nitrogens is 2. The summed E-state index contributed by atoms with van der Waals surface area (Å²) in [6, 6.07) is 4.19. The molecule has 0 spiro atoms. The van der Waals surface area contributed by atoms with E-state index >= 15 is 0 Å². The van der Waals surface area contributed by atoms with Gasteiger partial charge in [-0.15, -0.1) is 4.83 Å². The third-order valence-corrected chi connectivity index (χ3v) is 4.51. The fourth-order valence-corrected chi connectivity index (χ4v) is 2.66. The molecular weight excluding hydrogens is 435 g/mol. The Balaban J connectivity index is 1.88. The van der Waals surface area contributed by atoms with Crippen LogP contribution in [0.25, 0.3) is 0 Å². The second-order valence-electron chi connectivity index (χ2n) is 4.89. The molecule has 0 bridgehead atoms. The maximum Gasteiger partial charge on any atom is 0.289 e. The first-order valence-corrected chi connectivity index (χ1v) is 9.44. The van der Waals surface area contributed by atoms with E-state index in [1.54, 1.807) is 4.83 Å². The molecule has 26 heavy (non-hydrogen) atoms. The van der Waals surface area contributed by atoms with E-state index in [0.717, 1.165) is 0 Å². The van der Waals surface area contributed by atoms with E-state index in [0.29, 0.717) is 18.7 Å². The maximum atomic E-state index is 13.2. The Labute approximate surface area is 156 Å². The molecule has 1 heterocycles. The molecule has 0 aliphatic heterocycles. The van der Waals surface area contributed by atoms with E-state index in [4.69, 9.17) is 11.3 Å². The second kappa shape index (κ2) is 9.00. The molecule has 0 radical (unpaired) electrons. The number of hydrazine groups is 1. The zero-order valence-corrected chi connectivity index (χ0v) is 15.6. The highest BCUT2D eigenvalue weighted by molar-refractivity contribution is 9.10. The summed E-state index contributed by atoms with van der Waals surface area (Å²) in [5, 5.41) is 21.0. The van der Waals surface area contributed by atoms with Crippen molar-refractivity contribution in [1.29, 1.82) is 5.41 Å². The van der Waals surface area contributed by atoms with Crippen molar-refractivity contribution in [2.24, 2.45) is 5.84 Å². The van der Waals surface area contributed by atoms with E-state index in [1.807, 2.05) is 0 Å². The predicted molar refractivity (Wildman–Crippen MR) is 96.2 cm³/mol. The Kier molecular flexibility index (Phi) is 6.98. The molecule has 2 rings (SSSR count). The van der Waals surface area contributed by atoms with Crippen molar-refractivity contribution in [3.63, 3.8) is 0 Å². The van der Waals surface area contributed by atoms with Crippen LogP contribution in [0.2, 0.25) is 0 Å². The van der Waals surface area contributed by atoms with E-state index in [1.165, 1.54) is 18.2 Å². The summed E-state index contributed by atoms with van der Waals surface area (Å²) in [4.78, 5) is 1.64. The maximum absolute atomic E-state index is 13.2. The van der Waals surface area contributed by atoms with Crippen molar-refractivity contribution >= 4 is 43.5 Å². The van der Waals surface area contributed by atoms with Gasteiger partial charge < -0.3 is 10.6 Å². The molecule has 0 unspecified atom stereocenters. The van der Waals surface area contributed by atoms with Crippen LogP contribution < -0.4 is 26.0 Å². The van der Waals surface area contributed by atoms with Crippen LogP contribution in [0.1, 0.15) is 12.1 Å². The zero-order valence-electron chi connectivity index (χ0n) is 13.2. The zero-order chi connectivity index (χ0) is 19.2. The van der Waals surface area contributed by atoms with E-state index in [9.17, 15) is 12.8 Å². The molecule has 14 heteroatoms. The van der Waals surface area contributed by atoms with Crippen molar-refractivity contribution in [1.82, 2.24) is 19.9 Å². The average molecular weight is 451 g/mol. The minimum absolute atomic E-state index is 0.111. The predicted octanol–water partition coefficient (Wildman–Crippen LogP) is 0.508. The standard InChI is InChI=1S/C12H16BrFN8O3S/c13-8-6-7(2-3-9(8)14)19-11(15)10-12(21-25-20-10)17-4-1-5-18-26(23,24)22-16/h2-3,6,18,22H,1,4-5,16H2,(H2,15,19)(H,17,21). The highest BCUT2D eigenvalue weighted by Gasteiger charge is 2.15. The van der Waals surface area contributed by atoms with Crippen molar-refractivity contribution < 1.29 is 17.4 Å². The quantitative estimate of drug-likeness (QED) is 0.105. The van der Waals surface area contributed by atoms with Crippen LogP contribution in [0.15, 0.2) is 27.3 Å². The van der Waals surface area contributed by atoms with Crippen LogP contribution in [0, 0.1) is 11.2 Å². The van der Waals surface area contributed by atoms with Crippen LogP contribution in [0.4, 0.5) is 15.9 Å². The molecule has 0 atom stereocenters. The lowest BCUT2D eigenvalue weighted by molar-refractivity contribution is 0.307. The third-order valence-electron chi connectivity index (χ3n) is 3.01. The number of nitrogens with one attached hydrogen (secondary N) is 5. The van der Waals surface area contributed by atoms with Crippen LogP contribution in [0.5, 0.6) is 0 Å². The number of benzene rings is 1. The number of anilines is 2. The van der Waals surface area contributed by atoms with Gasteiger partial charge in [-0.05, 0) is 50.9 Å². The Morgan fingerprint density at radius 2 is 2.12 bits per heavy atom. The molecule has 0 saturated heterocycles. The molecule has 0 amide bonds. The topological polar surface area (TPSA) is 171 Å². The summed E-state index contributed by atoms with van der Waals surface area (Å²) in [6.07, 6.45) is 0.416. The molecule has 0 aliphatic rings. The van der Waals surface area contributed by atoms with E-state index < -0.39 is 16.0 Å². The third kappa shape index (κ3) is 5.70. The molecule has 11 nitrogen and oxygen atoms in total. The smallest absolute Gasteiger partial charge is 0.289 e. The molecular formula is C12H16BrFN8O3S. The number of nitrogens with zero attached hydrogens (tertiary/aromatic N) is 2. The monoisotopic (exact) mass is 450 g/mol. The SMILES string of the molecule is N=C(Nc1ccc(F)c(Br)c1)c1nonc1NCCCNS(=O)(=O)NN. The molecule has 2 aromatic rings. The van der Waals surface area contributed by atoms with Gasteiger partial charge in [0.25, 0.3) is 10.2 Å².